The van der Waals surface area contributed by atoms with E-state index in [0.29, 0.717) is 24.1 Å². The molecule has 0 saturated heterocycles. The van der Waals surface area contributed by atoms with Crippen molar-refractivity contribution in [3.63, 3.8) is 0 Å². The molecule has 0 heterocycles. The first-order valence-corrected chi connectivity index (χ1v) is 5.96. The highest BCUT2D eigenvalue weighted by Gasteiger charge is 2.18. The van der Waals surface area contributed by atoms with Gasteiger partial charge in [0.2, 0.25) is 0 Å². The summed E-state index contributed by atoms with van der Waals surface area (Å²) >= 11 is 0. The van der Waals surface area contributed by atoms with Gasteiger partial charge in [0.25, 0.3) is 5.69 Å². The lowest BCUT2D eigenvalue weighted by atomic mass is 9.96. The molecule has 0 aliphatic heterocycles. The molecule has 0 spiro atoms. The summed E-state index contributed by atoms with van der Waals surface area (Å²) in [7, 11) is 0. The van der Waals surface area contributed by atoms with Gasteiger partial charge in [-0.15, -0.1) is 0 Å². The van der Waals surface area contributed by atoms with Gasteiger partial charge in [-0.05, 0) is 31.9 Å². The number of rotatable bonds is 7. The van der Waals surface area contributed by atoms with E-state index in [1.807, 2.05) is 6.92 Å². The zero-order valence-corrected chi connectivity index (χ0v) is 10.9. The van der Waals surface area contributed by atoms with E-state index < -0.39 is 10.8 Å². The van der Waals surface area contributed by atoms with E-state index in [9.17, 15) is 19.7 Å². The number of Topliss-reactive ketones (excluding diaryl/α,β-unsaturated/α-hetero) is 1. The van der Waals surface area contributed by atoms with Crippen LogP contribution < -0.4 is 5.32 Å². The van der Waals surface area contributed by atoms with Crippen molar-refractivity contribution in [3.05, 3.63) is 33.9 Å². The second-order valence-corrected chi connectivity index (χ2v) is 4.19. The molecule has 0 aromatic heterocycles. The number of ketones is 1. The normalized spacial score (nSPS) is 11.7. The van der Waals surface area contributed by atoms with Crippen LogP contribution in [0.1, 0.15) is 19.4 Å². The first-order chi connectivity index (χ1) is 8.99. The van der Waals surface area contributed by atoms with Gasteiger partial charge in [-0.25, -0.2) is 0 Å². The molecule has 6 nitrogen and oxygen atoms in total. The van der Waals surface area contributed by atoms with Crippen molar-refractivity contribution < 1.29 is 14.5 Å². The fourth-order valence-corrected chi connectivity index (χ4v) is 1.75. The summed E-state index contributed by atoms with van der Waals surface area (Å²) in [6.07, 6.45) is 0.750. The Labute approximate surface area is 111 Å². The number of nitrogens with zero attached hydrogens (tertiary/aromatic N) is 1. The van der Waals surface area contributed by atoms with Crippen molar-refractivity contribution in [1.82, 2.24) is 0 Å². The van der Waals surface area contributed by atoms with Crippen molar-refractivity contribution in [2.75, 3.05) is 11.9 Å². The first-order valence-electron chi connectivity index (χ1n) is 5.96. The highest BCUT2D eigenvalue weighted by atomic mass is 16.6. The maximum absolute atomic E-state index is 11.3. The average molecular weight is 264 g/mol. The Kier molecular flexibility index (Phi) is 5.17. The minimum atomic E-state index is -0.764. The van der Waals surface area contributed by atoms with Crippen molar-refractivity contribution in [2.45, 2.75) is 20.3 Å². The molecule has 1 aromatic rings. The lowest BCUT2D eigenvalue weighted by molar-refractivity contribution is -0.384. The Morgan fingerprint density at radius 1 is 1.53 bits per heavy atom. The summed E-state index contributed by atoms with van der Waals surface area (Å²) in [4.78, 5) is 32.4. The Balaban J connectivity index is 3.12. The third-order valence-corrected chi connectivity index (χ3v) is 2.79. The topological polar surface area (TPSA) is 89.3 Å². The second-order valence-electron chi connectivity index (χ2n) is 4.19. The summed E-state index contributed by atoms with van der Waals surface area (Å²) < 4.78 is 0. The van der Waals surface area contributed by atoms with Crippen molar-refractivity contribution in [1.29, 1.82) is 0 Å². The van der Waals surface area contributed by atoms with Gasteiger partial charge in [-0.2, -0.15) is 0 Å². The molecule has 0 radical (unpaired) electrons. The van der Waals surface area contributed by atoms with Crippen LogP contribution in [-0.4, -0.2) is 23.5 Å². The fraction of sp³-hybridized carbons (Fsp3) is 0.385. The molecule has 6 heteroatoms. The molecule has 0 fully saturated rings. The van der Waals surface area contributed by atoms with Gasteiger partial charge < -0.3 is 10.1 Å². The number of non-ortho nitro benzene ring substituents is 1. The average Bonchev–Trinajstić information content (AvgIpc) is 2.37. The number of benzene rings is 1. The predicted octanol–water partition coefficient (Wildman–Crippen LogP) is 1.97. The SMILES string of the molecule is CCNc1ccc([N+](=O)[O-])cc1C[C@H](C=O)C(C)=O. The molecule has 102 valence electrons. The number of carbonyl (C=O) groups is 2. The molecule has 1 atom stereocenters. The first kappa shape index (κ1) is 14.8. The Hall–Kier alpha value is -2.24. The van der Waals surface area contributed by atoms with Crippen molar-refractivity contribution >= 4 is 23.4 Å². The number of hydrogen-bond donors (Lipinski definition) is 1. The van der Waals surface area contributed by atoms with Gasteiger partial charge in [-0.1, -0.05) is 0 Å². The number of carbonyl (C=O) groups excluding carboxylic acids is 2. The number of nitrogens with one attached hydrogen (secondary N) is 1. The van der Waals surface area contributed by atoms with Crippen LogP contribution in [0, 0.1) is 16.0 Å². The van der Waals surface area contributed by atoms with Crippen LogP contribution in [0.2, 0.25) is 0 Å². The quantitative estimate of drug-likeness (QED) is 0.352. The number of nitro benzene ring substituents is 1. The summed E-state index contributed by atoms with van der Waals surface area (Å²) in [5, 5.41) is 13.8. The lowest BCUT2D eigenvalue weighted by Crippen LogP contribution is -2.16. The predicted molar refractivity (Wildman–Crippen MR) is 71.2 cm³/mol. The van der Waals surface area contributed by atoms with Crippen LogP contribution in [0.3, 0.4) is 0 Å². The van der Waals surface area contributed by atoms with Crippen molar-refractivity contribution in [3.8, 4) is 0 Å². The molecule has 0 aliphatic rings. The van der Waals surface area contributed by atoms with E-state index in [2.05, 4.69) is 5.32 Å². The molecule has 0 unspecified atom stereocenters. The second kappa shape index (κ2) is 6.63. The van der Waals surface area contributed by atoms with E-state index in [4.69, 9.17) is 0 Å². The molecular weight excluding hydrogens is 248 g/mol. The molecule has 0 saturated carbocycles. The zero-order valence-electron chi connectivity index (χ0n) is 10.9. The van der Waals surface area contributed by atoms with Gasteiger partial charge >= 0.3 is 0 Å². The summed E-state index contributed by atoms with van der Waals surface area (Å²) in [6.45, 7) is 3.88. The smallest absolute Gasteiger partial charge is 0.269 e. The molecular formula is C13H16N2O4. The maximum Gasteiger partial charge on any atom is 0.269 e. The Morgan fingerprint density at radius 3 is 2.68 bits per heavy atom. The fourth-order valence-electron chi connectivity index (χ4n) is 1.75. The van der Waals surface area contributed by atoms with E-state index in [0.717, 1.165) is 0 Å². The van der Waals surface area contributed by atoms with E-state index >= 15 is 0 Å². The molecule has 1 N–H and O–H groups in total. The zero-order chi connectivity index (χ0) is 14.4. The molecule has 0 bridgehead atoms. The van der Waals surface area contributed by atoms with E-state index in [1.54, 1.807) is 6.07 Å². The molecule has 1 rings (SSSR count). The van der Waals surface area contributed by atoms with Crippen LogP contribution in [-0.2, 0) is 16.0 Å². The molecule has 0 amide bonds. The third kappa shape index (κ3) is 3.87. The minimum Gasteiger partial charge on any atom is -0.385 e. The minimum absolute atomic E-state index is 0.0511. The maximum atomic E-state index is 11.3. The van der Waals surface area contributed by atoms with Gasteiger partial charge in [0.05, 0.1) is 10.8 Å². The highest BCUT2D eigenvalue weighted by molar-refractivity contribution is 5.92. The van der Waals surface area contributed by atoms with Crippen molar-refractivity contribution in [2.24, 2.45) is 5.92 Å². The molecule has 19 heavy (non-hydrogen) atoms. The summed E-state index contributed by atoms with van der Waals surface area (Å²) in [5.41, 5.74) is 1.26. The van der Waals surface area contributed by atoms with Crippen LogP contribution in [0.25, 0.3) is 0 Å². The summed E-state index contributed by atoms with van der Waals surface area (Å²) in [5.74, 6) is -1.01. The number of hydrogen-bond acceptors (Lipinski definition) is 5. The number of aldehydes is 1. The van der Waals surface area contributed by atoms with E-state index in [1.165, 1.54) is 19.1 Å². The van der Waals surface area contributed by atoms with Gasteiger partial charge in [-0.3, -0.25) is 14.9 Å². The number of anilines is 1. The third-order valence-electron chi connectivity index (χ3n) is 2.79. The molecule has 0 aliphatic carbocycles. The van der Waals surface area contributed by atoms with Crippen LogP contribution in [0.5, 0.6) is 0 Å². The Morgan fingerprint density at radius 2 is 2.21 bits per heavy atom. The van der Waals surface area contributed by atoms with Crippen LogP contribution >= 0.6 is 0 Å². The van der Waals surface area contributed by atoms with Crippen LogP contribution in [0.15, 0.2) is 18.2 Å². The van der Waals surface area contributed by atoms with Gasteiger partial charge in [0, 0.05) is 24.4 Å². The summed E-state index contributed by atoms with van der Waals surface area (Å²) in [6, 6.07) is 4.39. The van der Waals surface area contributed by atoms with Gasteiger partial charge in [0.15, 0.2) is 0 Å². The number of nitro groups is 1. The Bertz CT molecular complexity index is 499. The monoisotopic (exact) mass is 264 g/mol. The largest absolute Gasteiger partial charge is 0.385 e. The van der Waals surface area contributed by atoms with Crippen LogP contribution in [0.4, 0.5) is 11.4 Å². The lowest BCUT2D eigenvalue weighted by Gasteiger charge is -2.12. The van der Waals surface area contributed by atoms with Gasteiger partial charge in [0.1, 0.15) is 12.1 Å². The highest BCUT2D eigenvalue weighted by Crippen LogP contribution is 2.24. The van der Waals surface area contributed by atoms with E-state index in [-0.39, 0.29) is 17.9 Å². The molecule has 1 aromatic carbocycles. The standard InChI is InChI=1S/C13H16N2O4/c1-3-14-13-5-4-12(15(18)19)7-10(13)6-11(8-16)9(2)17/h4-5,7-8,11,14H,3,6H2,1-2H3/t11-/m1/s1.